The number of hydrogen-bond acceptors (Lipinski definition) is 5. The fraction of sp³-hybridized carbons (Fsp3) is 0.381. The summed E-state index contributed by atoms with van der Waals surface area (Å²) < 4.78 is 22.6. The second kappa shape index (κ2) is 7.02. The van der Waals surface area contributed by atoms with Crippen molar-refractivity contribution < 1.29 is 23.7 Å². The summed E-state index contributed by atoms with van der Waals surface area (Å²) in [7, 11) is 3.24. The highest BCUT2D eigenvalue weighted by atomic mass is 16.6. The topological polar surface area (TPSA) is 57.2 Å². The standard InChI is InChI=1S/C21H23NO5/c1-13-20(27-17-7-5-4-6-16(17)26-13)21(23)22-9-8-14-10-18(24-2)19(25-3)11-15(14)12-22/h4-7,10-11,13,20H,8-9,12H2,1-3H3. The summed E-state index contributed by atoms with van der Waals surface area (Å²) in [6.07, 6.45) is -0.235. The van der Waals surface area contributed by atoms with Gasteiger partial charge in [0.1, 0.15) is 6.10 Å². The highest BCUT2D eigenvalue weighted by Gasteiger charge is 2.37. The summed E-state index contributed by atoms with van der Waals surface area (Å²) in [5, 5.41) is 0. The molecule has 2 aliphatic heterocycles. The van der Waals surface area contributed by atoms with E-state index in [1.54, 1.807) is 14.2 Å². The van der Waals surface area contributed by atoms with Gasteiger partial charge in [0.2, 0.25) is 6.10 Å². The molecule has 0 radical (unpaired) electrons. The number of benzene rings is 2. The summed E-state index contributed by atoms with van der Waals surface area (Å²) in [5.74, 6) is 2.61. The van der Waals surface area contributed by atoms with Crippen molar-refractivity contribution in [2.45, 2.75) is 32.1 Å². The first kappa shape index (κ1) is 17.5. The van der Waals surface area contributed by atoms with Crippen LogP contribution in [-0.2, 0) is 17.8 Å². The summed E-state index contributed by atoms with van der Waals surface area (Å²) in [5.41, 5.74) is 2.24. The molecule has 6 nitrogen and oxygen atoms in total. The minimum atomic E-state index is -0.651. The van der Waals surface area contributed by atoms with Crippen molar-refractivity contribution in [3.63, 3.8) is 0 Å². The summed E-state index contributed by atoms with van der Waals surface area (Å²) in [6, 6.07) is 11.4. The van der Waals surface area contributed by atoms with E-state index >= 15 is 0 Å². The molecule has 0 aromatic heterocycles. The van der Waals surface area contributed by atoms with Gasteiger partial charge in [0, 0.05) is 13.1 Å². The largest absolute Gasteiger partial charge is 0.493 e. The Morgan fingerprint density at radius 1 is 1.04 bits per heavy atom. The van der Waals surface area contributed by atoms with Crippen molar-refractivity contribution in [1.29, 1.82) is 0 Å². The summed E-state index contributed by atoms with van der Waals surface area (Å²) in [6.45, 7) is 3.02. The molecule has 2 aliphatic rings. The molecule has 0 spiro atoms. The van der Waals surface area contributed by atoms with Crippen LogP contribution in [-0.4, -0.2) is 43.8 Å². The number of hydrogen-bond donors (Lipinski definition) is 0. The molecule has 0 saturated heterocycles. The van der Waals surface area contributed by atoms with Crippen molar-refractivity contribution >= 4 is 5.91 Å². The van der Waals surface area contributed by atoms with Crippen LogP contribution in [0.25, 0.3) is 0 Å². The van der Waals surface area contributed by atoms with Gasteiger partial charge in [-0.05, 0) is 48.7 Å². The van der Waals surface area contributed by atoms with E-state index in [0.29, 0.717) is 36.1 Å². The molecule has 2 atom stereocenters. The van der Waals surface area contributed by atoms with Gasteiger partial charge in [-0.25, -0.2) is 0 Å². The molecule has 0 fully saturated rings. The zero-order chi connectivity index (χ0) is 19.0. The van der Waals surface area contributed by atoms with Crippen molar-refractivity contribution in [3.05, 3.63) is 47.5 Å². The van der Waals surface area contributed by atoms with E-state index in [1.807, 2.05) is 48.2 Å². The van der Waals surface area contributed by atoms with Crippen LogP contribution in [0.3, 0.4) is 0 Å². The Morgan fingerprint density at radius 2 is 1.67 bits per heavy atom. The lowest BCUT2D eigenvalue weighted by Crippen LogP contribution is -2.51. The molecule has 2 heterocycles. The number of ether oxygens (including phenoxy) is 4. The highest BCUT2D eigenvalue weighted by molar-refractivity contribution is 5.82. The number of methoxy groups -OCH3 is 2. The molecule has 2 aromatic carbocycles. The van der Waals surface area contributed by atoms with E-state index in [-0.39, 0.29) is 12.0 Å². The van der Waals surface area contributed by atoms with Crippen molar-refractivity contribution in [3.8, 4) is 23.0 Å². The molecule has 0 aliphatic carbocycles. The minimum absolute atomic E-state index is 0.0579. The van der Waals surface area contributed by atoms with Crippen LogP contribution in [0.1, 0.15) is 18.1 Å². The Balaban J connectivity index is 1.54. The highest BCUT2D eigenvalue weighted by Crippen LogP contribution is 2.36. The summed E-state index contributed by atoms with van der Waals surface area (Å²) >= 11 is 0. The monoisotopic (exact) mass is 369 g/mol. The van der Waals surface area contributed by atoms with E-state index in [9.17, 15) is 4.79 Å². The van der Waals surface area contributed by atoms with E-state index < -0.39 is 6.10 Å². The molecule has 1 amide bonds. The molecular weight excluding hydrogens is 346 g/mol. The van der Waals surface area contributed by atoms with Crippen LogP contribution in [0.4, 0.5) is 0 Å². The number of carbonyl (C=O) groups excluding carboxylic acids is 1. The maximum atomic E-state index is 13.1. The van der Waals surface area contributed by atoms with Crippen molar-refractivity contribution in [2.24, 2.45) is 0 Å². The first-order chi connectivity index (χ1) is 13.1. The third-order valence-corrected chi connectivity index (χ3v) is 5.12. The van der Waals surface area contributed by atoms with Crippen LogP contribution in [0.5, 0.6) is 23.0 Å². The van der Waals surface area contributed by atoms with Crippen LogP contribution in [0.15, 0.2) is 36.4 Å². The number of nitrogens with zero attached hydrogens (tertiary/aromatic N) is 1. The molecular formula is C21H23NO5. The molecule has 142 valence electrons. The van der Waals surface area contributed by atoms with Crippen LogP contribution in [0.2, 0.25) is 0 Å². The fourth-order valence-corrected chi connectivity index (χ4v) is 3.64. The first-order valence-corrected chi connectivity index (χ1v) is 9.05. The van der Waals surface area contributed by atoms with Crippen LogP contribution in [0, 0.1) is 0 Å². The lowest BCUT2D eigenvalue weighted by Gasteiger charge is -2.36. The molecule has 0 N–H and O–H groups in total. The third kappa shape index (κ3) is 3.16. The molecule has 6 heteroatoms. The lowest BCUT2D eigenvalue weighted by molar-refractivity contribution is -0.145. The zero-order valence-electron chi connectivity index (χ0n) is 15.7. The van der Waals surface area contributed by atoms with E-state index in [0.717, 1.165) is 12.0 Å². The number of amides is 1. The number of rotatable bonds is 3. The maximum absolute atomic E-state index is 13.1. The predicted octanol–water partition coefficient (Wildman–Crippen LogP) is 2.82. The van der Waals surface area contributed by atoms with E-state index in [4.69, 9.17) is 18.9 Å². The molecule has 4 rings (SSSR count). The molecule has 27 heavy (non-hydrogen) atoms. The second-order valence-corrected chi connectivity index (χ2v) is 6.79. The third-order valence-electron chi connectivity index (χ3n) is 5.12. The molecule has 2 aromatic rings. The van der Waals surface area contributed by atoms with Gasteiger partial charge in [-0.3, -0.25) is 4.79 Å². The van der Waals surface area contributed by atoms with Crippen molar-refractivity contribution in [2.75, 3.05) is 20.8 Å². The van der Waals surface area contributed by atoms with Gasteiger partial charge in [0.25, 0.3) is 5.91 Å². The van der Waals surface area contributed by atoms with Crippen LogP contribution < -0.4 is 18.9 Å². The first-order valence-electron chi connectivity index (χ1n) is 9.05. The van der Waals surface area contributed by atoms with Gasteiger partial charge in [0.15, 0.2) is 23.0 Å². The van der Waals surface area contributed by atoms with E-state index in [2.05, 4.69) is 0 Å². The van der Waals surface area contributed by atoms with Gasteiger partial charge in [-0.1, -0.05) is 12.1 Å². The van der Waals surface area contributed by atoms with Gasteiger partial charge >= 0.3 is 0 Å². The van der Waals surface area contributed by atoms with Gasteiger partial charge < -0.3 is 23.8 Å². The summed E-state index contributed by atoms with van der Waals surface area (Å²) in [4.78, 5) is 15.0. The average Bonchev–Trinajstić information content (AvgIpc) is 2.71. The number of carbonyl (C=O) groups is 1. The maximum Gasteiger partial charge on any atom is 0.267 e. The zero-order valence-corrected chi connectivity index (χ0v) is 15.7. The molecule has 0 saturated carbocycles. The van der Waals surface area contributed by atoms with E-state index in [1.165, 1.54) is 5.56 Å². The normalized spacial score (nSPS) is 20.6. The average molecular weight is 369 g/mol. The minimum Gasteiger partial charge on any atom is -0.493 e. The Labute approximate surface area is 158 Å². The lowest BCUT2D eigenvalue weighted by atomic mass is 9.98. The number of para-hydroxylation sites is 2. The SMILES string of the molecule is COc1cc2c(cc1OC)CN(C(=O)C1Oc3ccccc3OC1C)CC2. The van der Waals surface area contributed by atoms with Crippen LogP contribution >= 0.6 is 0 Å². The Morgan fingerprint density at radius 3 is 2.33 bits per heavy atom. The van der Waals surface area contributed by atoms with Gasteiger partial charge in [-0.2, -0.15) is 0 Å². The molecule has 0 bridgehead atoms. The fourth-order valence-electron chi connectivity index (χ4n) is 3.64. The predicted molar refractivity (Wildman–Crippen MR) is 99.6 cm³/mol. The van der Waals surface area contributed by atoms with Gasteiger partial charge in [0.05, 0.1) is 14.2 Å². The van der Waals surface area contributed by atoms with Crippen molar-refractivity contribution in [1.82, 2.24) is 4.90 Å². The second-order valence-electron chi connectivity index (χ2n) is 6.79. The quantitative estimate of drug-likeness (QED) is 0.833. The molecule has 2 unspecified atom stereocenters. The smallest absolute Gasteiger partial charge is 0.267 e. The number of fused-ring (bicyclic) bond motifs is 2. The Kier molecular flexibility index (Phi) is 4.56. The van der Waals surface area contributed by atoms with Gasteiger partial charge in [-0.15, -0.1) is 0 Å². The Bertz CT molecular complexity index is 866. The Hall–Kier alpha value is -2.89.